The first-order chi connectivity index (χ1) is 10.8. The summed E-state index contributed by atoms with van der Waals surface area (Å²) in [7, 11) is 0. The Morgan fingerprint density at radius 3 is 1.68 bits per heavy atom. The van der Waals surface area contributed by atoms with Gasteiger partial charge in [-0.3, -0.25) is 0 Å². The van der Waals surface area contributed by atoms with Gasteiger partial charge in [0.05, 0.1) is 0 Å². The van der Waals surface area contributed by atoms with Crippen LogP contribution in [0.2, 0.25) is 0 Å². The first-order valence-corrected chi connectivity index (χ1v) is 7.36. The van der Waals surface area contributed by atoms with E-state index < -0.39 is 0 Å². The van der Waals surface area contributed by atoms with Gasteiger partial charge in [0.15, 0.2) is 0 Å². The summed E-state index contributed by atoms with van der Waals surface area (Å²) in [5, 5.41) is 0. The first-order valence-electron chi connectivity index (χ1n) is 7.36. The Morgan fingerprint density at radius 1 is 0.591 bits per heavy atom. The van der Waals surface area contributed by atoms with E-state index in [-0.39, 0.29) is 6.10 Å². The lowest BCUT2D eigenvalue weighted by molar-refractivity contribution is 0.227. The second-order valence-corrected chi connectivity index (χ2v) is 5.06. The Bertz CT molecular complexity index is 691. The third-order valence-electron chi connectivity index (χ3n) is 3.38. The van der Waals surface area contributed by atoms with E-state index >= 15 is 0 Å². The largest absolute Gasteiger partial charge is 0.486 e. The molecule has 0 saturated carbocycles. The van der Waals surface area contributed by atoms with Gasteiger partial charge in [0, 0.05) is 0 Å². The average Bonchev–Trinajstić information content (AvgIpc) is 2.57. The maximum Gasteiger partial charge on any atom is 0.127 e. The van der Waals surface area contributed by atoms with Gasteiger partial charge < -0.3 is 9.47 Å². The van der Waals surface area contributed by atoms with Crippen molar-refractivity contribution in [1.29, 1.82) is 0 Å². The van der Waals surface area contributed by atoms with Crippen LogP contribution in [0, 0.1) is 0 Å². The van der Waals surface area contributed by atoms with Crippen LogP contribution in [0.25, 0.3) is 0 Å². The summed E-state index contributed by atoms with van der Waals surface area (Å²) in [5.41, 5.74) is 1.12. The zero-order chi connectivity index (χ0) is 15.2. The van der Waals surface area contributed by atoms with Crippen molar-refractivity contribution in [2.75, 3.05) is 0 Å². The van der Waals surface area contributed by atoms with Gasteiger partial charge in [-0.2, -0.15) is 0 Å². The van der Waals surface area contributed by atoms with E-state index in [0.29, 0.717) is 0 Å². The predicted octanol–water partition coefficient (Wildman–Crippen LogP) is 5.62. The summed E-state index contributed by atoms with van der Waals surface area (Å²) in [6, 6.07) is 27.6. The fourth-order valence-electron chi connectivity index (χ4n) is 2.20. The molecular formula is C20H18O2. The number of para-hydroxylation sites is 2. The van der Waals surface area contributed by atoms with E-state index in [4.69, 9.17) is 9.47 Å². The van der Waals surface area contributed by atoms with Crippen molar-refractivity contribution in [3.8, 4) is 17.2 Å². The highest BCUT2D eigenvalue weighted by Crippen LogP contribution is 2.25. The summed E-state index contributed by atoms with van der Waals surface area (Å²) in [6.07, 6.45) is -0.00632. The zero-order valence-corrected chi connectivity index (χ0v) is 12.5. The molecule has 0 radical (unpaired) electrons. The van der Waals surface area contributed by atoms with Crippen molar-refractivity contribution in [2.45, 2.75) is 13.0 Å². The Kier molecular flexibility index (Phi) is 4.40. The second kappa shape index (κ2) is 6.81. The quantitative estimate of drug-likeness (QED) is 0.607. The fourth-order valence-corrected chi connectivity index (χ4v) is 2.20. The molecule has 0 N–H and O–H groups in total. The van der Waals surface area contributed by atoms with Gasteiger partial charge >= 0.3 is 0 Å². The SMILES string of the molecule is CC(Oc1ccccc1)c1ccc(Oc2ccccc2)cc1. The maximum atomic E-state index is 5.92. The molecule has 0 aliphatic carbocycles. The Hall–Kier alpha value is -2.74. The molecule has 1 unspecified atom stereocenters. The van der Waals surface area contributed by atoms with E-state index in [1.54, 1.807) is 0 Å². The summed E-state index contributed by atoms with van der Waals surface area (Å²) >= 11 is 0. The van der Waals surface area contributed by atoms with Crippen LogP contribution in [0.1, 0.15) is 18.6 Å². The minimum Gasteiger partial charge on any atom is -0.486 e. The molecule has 2 heteroatoms. The van der Waals surface area contributed by atoms with Gasteiger partial charge in [0.2, 0.25) is 0 Å². The standard InChI is InChI=1S/C20H18O2/c1-16(21-18-8-4-2-5-9-18)17-12-14-20(15-13-17)22-19-10-6-3-7-11-19/h2-16H,1H3. The number of rotatable bonds is 5. The Balaban J connectivity index is 1.66. The molecule has 0 aliphatic heterocycles. The van der Waals surface area contributed by atoms with Crippen molar-refractivity contribution in [2.24, 2.45) is 0 Å². The number of hydrogen-bond donors (Lipinski definition) is 0. The molecule has 1 atom stereocenters. The molecule has 3 aromatic rings. The lowest BCUT2D eigenvalue weighted by Gasteiger charge is -2.15. The maximum absolute atomic E-state index is 5.92. The van der Waals surface area contributed by atoms with Gasteiger partial charge in [-0.15, -0.1) is 0 Å². The van der Waals surface area contributed by atoms with Crippen molar-refractivity contribution in [1.82, 2.24) is 0 Å². The molecule has 0 amide bonds. The van der Waals surface area contributed by atoms with Crippen LogP contribution in [0.15, 0.2) is 84.9 Å². The normalized spacial score (nSPS) is 11.7. The highest BCUT2D eigenvalue weighted by molar-refractivity contribution is 5.34. The fraction of sp³-hybridized carbons (Fsp3) is 0.100. The molecule has 2 nitrogen and oxygen atoms in total. The summed E-state index contributed by atoms with van der Waals surface area (Å²) in [6.45, 7) is 2.04. The molecule has 0 fully saturated rings. The molecule has 0 spiro atoms. The van der Waals surface area contributed by atoms with Gasteiger partial charge in [-0.25, -0.2) is 0 Å². The van der Waals surface area contributed by atoms with Crippen LogP contribution in [0.5, 0.6) is 17.2 Å². The monoisotopic (exact) mass is 290 g/mol. The highest BCUT2D eigenvalue weighted by Gasteiger charge is 2.07. The van der Waals surface area contributed by atoms with Crippen LogP contribution in [-0.2, 0) is 0 Å². The van der Waals surface area contributed by atoms with Crippen molar-refractivity contribution >= 4 is 0 Å². The smallest absolute Gasteiger partial charge is 0.127 e. The van der Waals surface area contributed by atoms with Crippen LogP contribution < -0.4 is 9.47 Å². The van der Waals surface area contributed by atoms with Gasteiger partial charge in [-0.05, 0) is 48.9 Å². The molecule has 3 aromatic carbocycles. The van der Waals surface area contributed by atoms with Gasteiger partial charge in [0.1, 0.15) is 23.4 Å². The van der Waals surface area contributed by atoms with E-state index in [1.165, 1.54) is 0 Å². The molecular weight excluding hydrogens is 272 g/mol. The number of ether oxygens (including phenoxy) is 2. The average molecular weight is 290 g/mol. The lowest BCUT2D eigenvalue weighted by Crippen LogP contribution is -2.02. The summed E-state index contributed by atoms with van der Waals surface area (Å²) < 4.78 is 11.7. The van der Waals surface area contributed by atoms with E-state index in [0.717, 1.165) is 22.8 Å². The lowest BCUT2D eigenvalue weighted by atomic mass is 10.1. The number of benzene rings is 3. The summed E-state index contributed by atoms with van der Waals surface area (Å²) in [4.78, 5) is 0. The first kappa shape index (κ1) is 14.2. The minimum atomic E-state index is -0.00632. The van der Waals surface area contributed by atoms with Crippen LogP contribution in [0.3, 0.4) is 0 Å². The minimum absolute atomic E-state index is 0.00632. The molecule has 0 aromatic heterocycles. The van der Waals surface area contributed by atoms with E-state index in [2.05, 4.69) is 0 Å². The summed E-state index contributed by atoms with van der Waals surface area (Å²) in [5.74, 6) is 2.53. The van der Waals surface area contributed by atoms with E-state index in [9.17, 15) is 0 Å². The van der Waals surface area contributed by atoms with Crippen molar-refractivity contribution in [3.05, 3.63) is 90.5 Å². The van der Waals surface area contributed by atoms with E-state index in [1.807, 2.05) is 91.9 Å². The molecule has 110 valence electrons. The molecule has 3 rings (SSSR count). The van der Waals surface area contributed by atoms with Crippen LogP contribution >= 0.6 is 0 Å². The molecule has 0 bridgehead atoms. The van der Waals surface area contributed by atoms with Gasteiger partial charge in [-0.1, -0.05) is 48.5 Å². The topological polar surface area (TPSA) is 18.5 Å². The van der Waals surface area contributed by atoms with Crippen molar-refractivity contribution in [3.63, 3.8) is 0 Å². The van der Waals surface area contributed by atoms with Crippen LogP contribution in [-0.4, -0.2) is 0 Å². The Labute approximate surface area is 131 Å². The molecule has 0 heterocycles. The predicted molar refractivity (Wildman–Crippen MR) is 88.4 cm³/mol. The second-order valence-electron chi connectivity index (χ2n) is 5.06. The molecule has 0 saturated heterocycles. The highest BCUT2D eigenvalue weighted by atomic mass is 16.5. The Morgan fingerprint density at radius 2 is 1.09 bits per heavy atom. The number of hydrogen-bond acceptors (Lipinski definition) is 2. The molecule has 0 aliphatic rings. The van der Waals surface area contributed by atoms with Crippen molar-refractivity contribution < 1.29 is 9.47 Å². The third-order valence-corrected chi connectivity index (χ3v) is 3.38. The zero-order valence-electron chi connectivity index (χ0n) is 12.5. The van der Waals surface area contributed by atoms with Crippen LogP contribution in [0.4, 0.5) is 0 Å². The third kappa shape index (κ3) is 3.67. The molecule has 22 heavy (non-hydrogen) atoms. The van der Waals surface area contributed by atoms with Gasteiger partial charge in [0.25, 0.3) is 0 Å².